The van der Waals surface area contributed by atoms with Crippen LogP contribution in [0.3, 0.4) is 0 Å². The zero-order valence-corrected chi connectivity index (χ0v) is 22.2. The monoisotopic (exact) mass is 510 g/mol. The predicted octanol–water partition coefficient (Wildman–Crippen LogP) is 2.70. The Labute approximate surface area is 214 Å². The third kappa shape index (κ3) is 3.65. The van der Waals surface area contributed by atoms with Gasteiger partial charge >= 0.3 is 5.97 Å². The van der Waals surface area contributed by atoms with Gasteiger partial charge < -0.3 is 35.0 Å². The third-order valence-corrected chi connectivity index (χ3v) is 12.1. The summed E-state index contributed by atoms with van der Waals surface area (Å²) in [6, 6.07) is 0. The molecular weight excluding hydrogens is 464 g/mol. The number of hydrogen-bond acceptors (Lipinski definition) is 7. The molecule has 1 saturated heterocycles. The van der Waals surface area contributed by atoms with E-state index >= 15 is 0 Å². The number of ether oxygens (including phenoxy) is 2. The van der Waals surface area contributed by atoms with Gasteiger partial charge in [0.25, 0.3) is 0 Å². The van der Waals surface area contributed by atoms with Gasteiger partial charge in [-0.3, -0.25) is 4.79 Å². The molecule has 2 bridgehead atoms. The molecule has 1 aliphatic heterocycles. The van der Waals surface area contributed by atoms with Crippen LogP contribution >= 0.6 is 0 Å². The van der Waals surface area contributed by atoms with E-state index in [-0.39, 0.29) is 22.7 Å². The van der Waals surface area contributed by atoms with Crippen molar-refractivity contribution in [2.75, 3.05) is 6.61 Å². The predicted molar refractivity (Wildman–Crippen MR) is 131 cm³/mol. The van der Waals surface area contributed by atoms with Crippen molar-refractivity contribution in [3.05, 3.63) is 0 Å². The van der Waals surface area contributed by atoms with Crippen molar-refractivity contribution < 1.29 is 39.8 Å². The number of aliphatic hydroxyl groups is 4. The maximum Gasteiger partial charge on any atom is 0.309 e. The lowest BCUT2D eigenvalue weighted by molar-refractivity contribution is -0.354. The molecule has 4 saturated carbocycles. The van der Waals surface area contributed by atoms with Gasteiger partial charge in [0.1, 0.15) is 24.4 Å². The first-order valence-corrected chi connectivity index (χ1v) is 14.1. The number of rotatable bonds is 4. The summed E-state index contributed by atoms with van der Waals surface area (Å²) in [5.74, 6) is 0.513. The van der Waals surface area contributed by atoms with Gasteiger partial charge in [-0.05, 0) is 92.8 Å². The Morgan fingerprint density at radius 2 is 1.67 bits per heavy atom. The fourth-order valence-corrected chi connectivity index (χ4v) is 10.1. The molecule has 8 unspecified atom stereocenters. The number of carboxylic acid groups (broad SMARTS) is 1. The summed E-state index contributed by atoms with van der Waals surface area (Å²) in [5, 5.41) is 51.2. The zero-order valence-electron chi connectivity index (χ0n) is 22.2. The summed E-state index contributed by atoms with van der Waals surface area (Å²) in [6.07, 6.45) is 1.92. The zero-order chi connectivity index (χ0) is 26.3. The summed E-state index contributed by atoms with van der Waals surface area (Å²) >= 11 is 0. The Morgan fingerprint density at radius 1 is 0.972 bits per heavy atom. The fraction of sp³-hybridized carbons (Fsp3) is 0.964. The molecule has 0 aromatic heterocycles. The summed E-state index contributed by atoms with van der Waals surface area (Å²) in [4.78, 5) is 12.4. The number of aliphatic hydroxyl groups excluding tert-OH is 4. The highest BCUT2D eigenvalue weighted by Crippen LogP contribution is 2.72. The molecule has 206 valence electrons. The van der Waals surface area contributed by atoms with E-state index in [2.05, 4.69) is 20.8 Å². The van der Waals surface area contributed by atoms with Crippen LogP contribution in [0.15, 0.2) is 0 Å². The van der Waals surface area contributed by atoms with Crippen molar-refractivity contribution in [2.24, 2.45) is 39.9 Å². The molecule has 5 rings (SSSR count). The second-order valence-electron chi connectivity index (χ2n) is 13.7. The van der Waals surface area contributed by atoms with Crippen molar-refractivity contribution in [3.8, 4) is 0 Å². The largest absolute Gasteiger partial charge is 0.481 e. The maximum absolute atomic E-state index is 12.4. The van der Waals surface area contributed by atoms with Crippen molar-refractivity contribution in [1.82, 2.24) is 0 Å². The molecule has 8 nitrogen and oxygen atoms in total. The van der Waals surface area contributed by atoms with Crippen LogP contribution < -0.4 is 0 Å². The van der Waals surface area contributed by atoms with Crippen LogP contribution in [0.4, 0.5) is 0 Å². The normalized spacial score (nSPS) is 56.9. The summed E-state index contributed by atoms with van der Waals surface area (Å²) in [7, 11) is 0. The molecule has 1 heterocycles. The van der Waals surface area contributed by atoms with Gasteiger partial charge in [0.2, 0.25) is 0 Å². The first-order valence-electron chi connectivity index (χ1n) is 14.1. The van der Waals surface area contributed by atoms with Crippen molar-refractivity contribution in [2.45, 2.75) is 122 Å². The van der Waals surface area contributed by atoms with Gasteiger partial charge in [0, 0.05) is 0 Å². The van der Waals surface area contributed by atoms with Gasteiger partial charge in [0.05, 0.1) is 17.6 Å². The van der Waals surface area contributed by atoms with Gasteiger partial charge in [-0.2, -0.15) is 0 Å². The van der Waals surface area contributed by atoms with Crippen LogP contribution in [0.2, 0.25) is 0 Å². The molecule has 5 fully saturated rings. The van der Waals surface area contributed by atoms with Crippen molar-refractivity contribution >= 4 is 5.97 Å². The van der Waals surface area contributed by atoms with E-state index in [1.807, 2.05) is 6.92 Å². The van der Waals surface area contributed by atoms with Crippen LogP contribution in [-0.2, 0) is 14.3 Å². The minimum atomic E-state index is -1.45. The van der Waals surface area contributed by atoms with Crippen molar-refractivity contribution in [1.29, 1.82) is 0 Å². The molecule has 0 aromatic rings. The quantitative estimate of drug-likeness (QED) is 0.364. The third-order valence-electron chi connectivity index (χ3n) is 12.1. The van der Waals surface area contributed by atoms with Crippen LogP contribution in [0, 0.1) is 39.9 Å². The van der Waals surface area contributed by atoms with Gasteiger partial charge in [0.15, 0.2) is 6.29 Å². The average molecular weight is 511 g/mol. The first-order chi connectivity index (χ1) is 16.8. The highest BCUT2D eigenvalue weighted by Gasteiger charge is 2.68. The Bertz CT molecular complexity index is 864. The van der Waals surface area contributed by atoms with Crippen LogP contribution in [-0.4, -0.2) is 74.4 Å². The Hall–Kier alpha value is -0.770. The van der Waals surface area contributed by atoms with E-state index in [0.717, 1.165) is 57.8 Å². The topological polar surface area (TPSA) is 137 Å². The van der Waals surface area contributed by atoms with Crippen LogP contribution in [0.1, 0.15) is 85.5 Å². The highest BCUT2D eigenvalue weighted by atomic mass is 16.7. The number of carboxylic acids is 1. The van der Waals surface area contributed by atoms with E-state index in [1.165, 1.54) is 0 Å². The minimum Gasteiger partial charge on any atom is -0.481 e. The molecule has 36 heavy (non-hydrogen) atoms. The fourth-order valence-electron chi connectivity index (χ4n) is 10.1. The molecular formula is C28H46O8. The number of aliphatic carboxylic acids is 1. The number of fused-ring (bicyclic) bond motifs is 3. The summed E-state index contributed by atoms with van der Waals surface area (Å²) < 4.78 is 12.5. The molecule has 0 amide bonds. The molecule has 5 aliphatic rings. The average Bonchev–Trinajstić information content (AvgIpc) is 2.82. The Morgan fingerprint density at radius 3 is 2.33 bits per heavy atom. The molecule has 1 spiro atoms. The Balaban J connectivity index is 1.46. The highest BCUT2D eigenvalue weighted by molar-refractivity contribution is 5.75. The maximum atomic E-state index is 12.4. The second-order valence-corrected chi connectivity index (χ2v) is 13.7. The lowest BCUT2D eigenvalue weighted by Crippen LogP contribution is -2.67. The standard InChI is InChI=1S/C28H46O8/c1-15-12-27-10-6-18-25(3,8-5-9-26(18,4)24(33)34)19(27)7-11-28(14-27,16(15)2)36-23-22(32)21(31)20(30)17(13-29)35-23/h15-23,29-32H,5-14H2,1-4H3,(H,33,34)/t15?,16?,17?,18?,19-,20?,21?,22?,23?,25+,26+,27+,28-/m0/s1. The Kier molecular flexibility index (Phi) is 6.62. The van der Waals surface area contributed by atoms with Gasteiger partial charge in [-0.25, -0.2) is 0 Å². The molecule has 5 N–H and O–H groups in total. The van der Waals surface area contributed by atoms with Crippen LogP contribution in [0.5, 0.6) is 0 Å². The van der Waals surface area contributed by atoms with Crippen LogP contribution in [0.25, 0.3) is 0 Å². The van der Waals surface area contributed by atoms with E-state index < -0.39 is 54.3 Å². The van der Waals surface area contributed by atoms with Gasteiger partial charge in [-0.15, -0.1) is 0 Å². The lowest BCUT2D eigenvalue weighted by atomic mass is 9.36. The molecule has 4 aliphatic carbocycles. The lowest BCUT2D eigenvalue weighted by Gasteiger charge is -2.70. The summed E-state index contributed by atoms with van der Waals surface area (Å²) in [5.41, 5.74) is -1.21. The number of carbonyl (C=O) groups is 1. The van der Waals surface area contributed by atoms with E-state index in [4.69, 9.17) is 9.47 Å². The molecule has 8 heteroatoms. The second kappa shape index (κ2) is 8.88. The SMILES string of the molecule is CC1C[C@@]23CCC4[C@](C)(C(=O)O)CCC[C@@]4(C)[C@@H]2CC[C@](OC2OC(CO)C(O)C(O)C2O)(C3)C1C. The summed E-state index contributed by atoms with van der Waals surface area (Å²) in [6.45, 7) is 8.33. The van der Waals surface area contributed by atoms with Crippen molar-refractivity contribution in [3.63, 3.8) is 0 Å². The smallest absolute Gasteiger partial charge is 0.309 e. The first kappa shape index (κ1) is 26.8. The van der Waals surface area contributed by atoms with Gasteiger partial charge in [-0.1, -0.05) is 27.2 Å². The van der Waals surface area contributed by atoms with E-state index in [0.29, 0.717) is 11.8 Å². The number of hydrogen-bond donors (Lipinski definition) is 5. The molecule has 0 radical (unpaired) electrons. The molecule has 0 aromatic carbocycles. The minimum absolute atomic E-state index is 0.0285. The van der Waals surface area contributed by atoms with E-state index in [1.54, 1.807) is 0 Å². The molecule has 13 atom stereocenters. The van der Waals surface area contributed by atoms with E-state index in [9.17, 15) is 30.3 Å².